The number of rotatable bonds is 7. The molecule has 12 nitrogen and oxygen atoms in total. The van der Waals surface area contributed by atoms with Crippen molar-refractivity contribution in [2.75, 3.05) is 43.9 Å². The summed E-state index contributed by atoms with van der Waals surface area (Å²) in [5, 5.41) is 17.5. The first-order valence-electron chi connectivity index (χ1n) is 11.2. The van der Waals surface area contributed by atoms with Gasteiger partial charge in [0.1, 0.15) is 6.20 Å². The number of benzene rings is 1. The second-order valence-corrected chi connectivity index (χ2v) is 8.67. The maximum Gasteiger partial charge on any atom is 0.329 e. The molecule has 1 aromatic carbocycles. The molecule has 1 aliphatic heterocycles. The number of hydrogen-bond acceptors (Lipinski definition) is 9. The second-order valence-electron chi connectivity index (χ2n) is 8.67. The lowest BCUT2D eigenvalue weighted by molar-refractivity contribution is -0.384. The Labute approximate surface area is 204 Å². The maximum absolute atomic E-state index is 12.7. The van der Waals surface area contributed by atoms with Gasteiger partial charge in [0.15, 0.2) is 0 Å². The largest absolute Gasteiger partial charge is 0.369 e. The number of amides is 2. The van der Waals surface area contributed by atoms with Crippen LogP contribution in [0.2, 0.25) is 0 Å². The van der Waals surface area contributed by atoms with Crippen molar-refractivity contribution in [1.82, 2.24) is 19.8 Å². The molecule has 2 aliphatic rings. The van der Waals surface area contributed by atoms with E-state index < -0.39 is 16.7 Å². The van der Waals surface area contributed by atoms with Gasteiger partial charge >= 0.3 is 5.69 Å². The highest BCUT2D eigenvalue weighted by Gasteiger charge is 2.33. The number of primary amides is 1. The van der Waals surface area contributed by atoms with Crippen molar-refractivity contribution in [2.24, 2.45) is 11.7 Å². The van der Waals surface area contributed by atoms with E-state index >= 15 is 0 Å². The van der Waals surface area contributed by atoms with Crippen LogP contribution in [0.25, 0.3) is 0 Å². The predicted molar refractivity (Wildman–Crippen MR) is 132 cm³/mol. The number of piperazine rings is 1. The van der Waals surface area contributed by atoms with Gasteiger partial charge in [-0.05, 0) is 44.2 Å². The first kappa shape index (κ1) is 25.8. The van der Waals surface area contributed by atoms with Crippen molar-refractivity contribution >= 4 is 35.0 Å². The number of likely N-dealkylation sites (N-methyl/N-ethyl adjacent to an activating group) is 1. The predicted octanol–water partition coefficient (Wildman–Crippen LogP) is 2.22. The molecule has 4 N–H and O–H groups in total. The minimum Gasteiger partial charge on any atom is -0.369 e. The van der Waals surface area contributed by atoms with E-state index in [-0.39, 0.29) is 36.8 Å². The van der Waals surface area contributed by atoms with Crippen LogP contribution in [-0.2, 0) is 4.79 Å². The molecular formula is C23H32N8O4. The highest BCUT2D eigenvalue weighted by molar-refractivity contribution is 5.94. The fourth-order valence-electron chi connectivity index (χ4n) is 4.34. The third kappa shape index (κ3) is 6.01. The van der Waals surface area contributed by atoms with E-state index in [1.165, 1.54) is 0 Å². The Bertz CT molecular complexity index is 1070. The Balaban J connectivity index is 0.00000342. The molecule has 1 aromatic heterocycles. The van der Waals surface area contributed by atoms with Gasteiger partial charge in [0.05, 0.1) is 10.8 Å². The van der Waals surface area contributed by atoms with Gasteiger partial charge < -0.3 is 26.2 Å². The molecular weight excluding hydrogens is 452 g/mol. The first-order chi connectivity index (χ1) is 16.3. The van der Waals surface area contributed by atoms with Gasteiger partial charge in [0.25, 0.3) is 5.91 Å². The van der Waals surface area contributed by atoms with Gasteiger partial charge in [0.2, 0.25) is 17.7 Å². The first-order valence-corrected chi connectivity index (χ1v) is 11.2. The molecule has 12 heteroatoms. The number of carbonyl (C=O) groups is 2. The van der Waals surface area contributed by atoms with Crippen LogP contribution in [0.15, 0.2) is 30.5 Å². The van der Waals surface area contributed by atoms with Crippen LogP contribution in [0.3, 0.4) is 0 Å². The molecule has 2 atom stereocenters. The van der Waals surface area contributed by atoms with Crippen molar-refractivity contribution in [3.05, 3.63) is 46.1 Å². The van der Waals surface area contributed by atoms with Crippen molar-refractivity contribution in [1.29, 1.82) is 0 Å². The number of anilines is 3. The molecule has 1 saturated carbocycles. The number of nitrogens with one attached hydrogen (secondary N) is 2. The Morgan fingerprint density at radius 3 is 2.46 bits per heavy atom. The fourth-order valence-corrected chi connectivity index (χ4v) is 4.34. The zero-order chi connectivity index (χ0) is 24.2. The normalized spacial score (nSPS) is 20.1. The summed E-state index contributed by atoms with van der Waals surface area (Å²) < 4.78 is 0. The van der Waals surface area contributed by atoms with Crippen molar-refractivity contribution in [3.8, 4) is 0 Å². The molecule has 188 valence electrons. The van der Waals surface area contributed by atoms with E-state index in [1.807, 2.05) is 11.9 Å². The summed E-state index contributed by atoms with van der Waals surface area (Å²) >= 11 is 0. The topological polar surface area (TPSA) is 160 Å². The quantitative estimate of drug-likeness (QED) is 0.395. The molecule has 0 bridgehead atoms. The number of nitrogens with zero attached hydrogens (tertiary/aromatic N) is 5. The molecule has 1 saturated heterocycles. The van der Waals surface area contributed by atoms with Crippen molar-refractivity contribution in [3.63, 3.8) is 0 Å². The smallest absolute Gasteiger partial charge is 0.329 e. The van der Waals surface area contributed by atoms with E-state index in [1.54, 1.807) is 24.3 Å². The molecule has 2 heterocycles. The van der Waals surface area contributed by atoms with Crippen LogP contribution in [0, 0.1) is 16.0 Å². The highest BCUT2D eigenvalue weighted by Crippen LogP contribution is 2.31. The van der Waals surface area contributed by atoms with Crippen LogP contribution in [-0.4, -0.2) is 75.8 Å². The Kier molecular flexibility index (Phi) is 8.18. The van der Waals surface area contributed by atoms with E-state index in [0.29, 0.717) is 37.2 Å². The molecule has 0 unspecified atom stereocenters. The number of aromatic nitrogens is 2. The number of hydrogen-bond donors (Lipinski definition) is 3. The maximum atomic E-state index is 12.7. The fraction of sp³-hybridized carbons (Fsp3) is 0.478. The van der Waals surface area contributed by atoms with E-state index in [9.17, 15) is 19.7 Å². The van der Waals surface area contributed by atoms with Gasteiger partial charge in [-0.25, -0.2) is 4.98 Å². The standard InChI is InChI=1S/C22H28N8O4.CH4/c1-28-9-11-29(12-10-28)21(32)14-5-7-15(8-6-14)25-22-24-13-18(30(33)34)20(27-22)26-17-4-2-3-16(17)19(23)31;/h5-8,13,16-17H,2-4,9-12H2,1H3,(H2,23,31)(H2,24,25,26,27);1H4/t16-,17+;/m0./s1. The Morgan fingerprint density at radius 2 is 1.83 bits per heavy atom. The van der Waals surface area contributed by atoms with Gasteiger partial charge in [0, 0.05) is 43.5 Å². The Morgan fingerprint density at radius 1 is 1.14 bits per heavy atom. The van der Waals surface area contributed by atoms with Crippen molar-refractivity contribution in [2.45, 2.75) is 32.7 Å². The summed E-state index contributed by atoms with van der Waals surface area (Å²) in [6.45, 7) is 3.08. The van der Waals surface area contributed by atoms with Crippen LogP contribution in [0.1, 0.15) is 37.0 Å². The van der Waals surface area contributed by atoms with Crippen LogP contribution < -0.4 is 16.4 Å². The van der Waals surface area contributed by atoms with E-state index in [2.05, 4.69) is 25.5 Å². The molecule has 2 amide bonds. The molecule has 0 spiro atoms. The molecule has 2 aromatic rings. The third-order valence-corrected chi connectivity index (χ3v) is 6.35. The van der Waals surface area contributed by atoms with E-state index in [0.717, 1.165) is 25.7 Å². The second kappa shape index (κ2) is 11.1. The molecule has 35 heavy (non-hydrogen) atoms. The summed E-state index contributed by atoms with van der Waals surface area (Å²) in [6, 6.07) is 6.61. The minimum atomic E-state index is -0.570. The van der Waals surface area contributed by atoms with Crippen LogP contribution in [0.4, 0.5) is 23.1 Å². The average molecular weight is 485 g/mol. The van der Waals surface area contributed by atoms with Gasteiger partial charge in [-0.3, -0.25) is 19.7 Å². The average Bonchev–Trinajstić information content (AvgIpc) is 3.28. The lowest BCUT2D eigenvalue weighted by Gasteiger charge is -2.32. The van der Waals surface area contributed by atoms with Gasteiger partial charge in [-0.15, -0.1) is 0 Å². The van der Waals surface area contributed by atoms with Gasteiger partial charge in [-0.2, -0.15) is 4.98 Å². The summed E-state index contributed by atoms with van der Waals surface area (Å²) in [5.74, 6) is -0.673. The van der Waals surface area contributed by atoms with Crippen LogP contribution >= 0.6 is 0 Å². The highest BCUT2D eigenvalue weighted by atomic mass is 16.6. The number of carbonyl (C=O) groups excluding carboxylic acids is 2. The van der Waals surface area contributed by atoms with E-state index in [4.69, 9.17) is 5.73 Å². The lowest BCUT2D eigenvalue weighted by Crippen LogP contribution is -2.47. The minimum absolute atomic E-state index is 0. The summed E-state index contributed by atoms with van der Waals surface area (Å²) in [5.41, 5.74) is 6.40. The van der Waals surface area contributed by atoms with Crippen LogP contribution in [0.5, 0.6) is 0 Å². The zero-order valence-electron chi connectivity index (χ0n) is 18.9. The zero-order valence-corrected chi connectivity index (χ0v) is 18.9. The SMILES string of the molecule is C.CN1CCN(C(=O)c2ccc(Nc3ncc([N+](=O)[O-])c(N[C@@H]4CCC[C@@H]4C(N)=O)n3)cc2)CC1. The molecule has 2 fully saturated rings. The monoisotopic (exact) mass is 484 g/mol. The van der Waals surface area contributed by atoms with Crippen molar-refractivity contribution < 1.29 is 14.5 Å². The summed E-state index contributed by atoms with van der Waals surface area (Å²) in [7, 11) is 2.04. The number of nitrogens with two attached hydrogens (primary N) is 1. The Hall–Kier alpha value is -3.80. The van der Waals surface area contributed by atoms with Gasteiger partial charge in [-0.1, -0.05) is 13.8 Å². The lowest BCUT2D eigenvalue weighted by atomic mass is 10.0. The molecule has 0 radical (unpaired) electrons. The molecule has 1 aliphatic carbocycles. The number of nitro groups is 1. The summed E-state index contributed by atoms with van der Waals surface area (Å²) in [4.78, 5) is 47.7. The summed E-state index contributed by atoms with van der Waals surface area (Å²) in [6.07, 6.45) is 3.22. The third-order valence-electron chi connectivity index (χ3n) is 6.35. The molecule has 4 rings (SSSR count).